The first kappa shape index (κ1) is 17.4. The summed E-state index contributed by atoms with van der Waals surface area (Å²) in [6, 6.07) is 4.55. The van der Waals surface area contributed by atoms with Gasteiger partial charge < -0.3 is 19.9 Å². The highest BCUT2D eigenvalue weighted by atomic mass is 32.2. The summed E-state index contributed by atoms with van der Waals surface area (Å²) in [5.74, 6) is -0.407. The van der Waals surface area contributed by atoms with Gasteiger partial charge in [-0.2, -0.15) is 0 Å². The summed E-state index contributed by atoms with van der Waals surface area (Å²) < 4.78 is 32.2. The Morgan fingerprint density at radius 3 is 2.57 bits per heavy atom. The highest BCUT2D eigenvalue weighted by Crippen LogP contribution is 2.28. The predicted molar refractivity (Wildman–Crippen MR) is 78.2 cm³/mol. The first-order chi connectivity index (χ1) is 9.76. The summed E-state index contributed by atoms with van der Waals surface area (Å²) in [5, 5.41) is 12.5. The molecular weight excluding hydrogens is 298 g/mol. The lowest BCUT2D eigenvalue weighted by Crippen LogP contribution is -2.18. The number of ether oxygens (including phenoxy) is 2. The van der Waals surface area contributed by atoms with Gasteiger partial charge in [0.15, 0.2) is 0 Å². The summed E-state index contributed by atoms with van der Waals surface area (Å²) in [7, 11) is -0.490. The second kappa shape index (κ2) is 7.39. The Labute approximate surface area is 123 Å². The highest BCUT2D eigenvalue weighted by molar-refractivity contribution is 7.90. The fourth-order valence-corrected chi connectivity index (χ4v) is 2.48. The average Bonchev–Trinajstić information content (AvgIpc) is 2.37. The number of carbonyl (C=O) groups is 1. The smallest absolute Gasteiger partial charge is 0.250 e. The molecule has 0 heterocycles. The molecule has 0 radical (unpaired) electrons. The van der Waals surface area contributed by atoms with Crippen molar-refractivity contribution in [1.82, 2.24) is 0 Å². The van der Waals surface area contributed by atoms with Crippen LogP contribution in [0.1, 0.15) is 11.7 Å². The van der Waals surface area contributed by atoms with E-state index in [0.717, 1.165) is 6.26 Å². The van der Waals surface area contributed by atoms with Gasteiger partial charge in [0.25, 0.3) is 0 Å². The number of benzene rings is 1. The molecule has 0 aliphatic heterocycles. The van der Waals surface area contributed by atoms with E-state index in [4.69, 9.17) is 9.47 Å². The molecule has 0 bridgehead atoms. The number of aliphatic hydroxyl groups is 1. The molecule has 0 aliphatic carbocycles. The van der Waals surface area contributed by atoms with E-state index < -0.39 is 15.9 Å². The van der Waals surface area contributed by atoms with Crippen molar-refractivity contribution in [2.24, 2.45) is 0 Å². The summed E-state index contributed by atoms with van der Waals surface area (Å²) in [5.41, 5.74) is 0.803. The first-order valence-electron chi connectivity index (χ1n) is 6.09. The molecule has 21 heavy (non-hydrogen) atoms. The lowest BCUT2D eigenvalue weighted by Gasteiger charge is -2.14. The van der Waals surface area contributed by atoms with Gasteiger partial charge >= 0.3 is 0 Å². The maximum atomic E-state index is 11.5. The van der Waals surface area contributed by atoms with Crippen LogP contribution in [0.15, 0.2) is 18.2 Å². The number of anilines is 1. The molecule has 0 spiro atoms. The maximum Gasteiger partial charge on any atom is 0.250 e. The standard InChI is InChI=1S/C13H19NO6S/c1-19-7-13(16)14-10-5-4-9(6-12(10)20-2)11(15)8-21(3,17)18/h4-6,11,15H,7-8H2,1-3H3,(H,14,16). The third-order valence-electron chi connectivity index (χ3n) is 2.62. The number of hydrogen-bond donors (Lipinski definition) is 2. The van der Waals surface area contributed by atoms with Crippen LogP contribution in [0.4, 0.5) is 5.69 Å². The molecule has 0 fully saturated rings. The van der Waals surface area contributed by atoms with Crippen molar-refractivity contribution in [2.45, 2.75) is 6.10 Å². The Morgan fingerprint density at radius 2 is 2.05 bits per heavy atom. The van der Waals surface area contributed by atoms with Gasteiger partial charge in [-0.15, -0.1) is 0 Å². The van der Waals surface area contributed by atoms with Gasteiger partial charge in [0, 0.05) is 13.4 Å². The lowest BCUT2D eigenvalue weighted by molar-refractivity contribution is -0.119. The summed E-state index contributed by atoms with van der Waals surface area (Å²) in [6.45, 7) is -0.0956. The van der Waals surface area contributed by atoms with Gasteiger partial charge in [-0.1, -0.05) is 6.07 Å². The minimum Gasteiger partial charge on any atom is -0.495 e. The van der Waals surface area contributed by atoms with Gasteiger partial charge in [-0.05, 0) is 17.7 Å². The minimum atomic E-state index is -3.30. The molecule has 8 heteroatoms. The topological polar surface area (TPSA) is 102 Å². The highest BCUT2D eigenvalue weighted by Gasteiger charge is 2.17. The fourth-order valence-electron chi connectivity index (χ4n) is 1.72. The van der Waals surface area contributed by atoms with Crippen LogP contribution >= 0.6 is 0 Å². The van der Waals surface area contributed by atoms with E-state index in [1.807, 2.05) is 0 Å². The minimum absolute atomic E-state index is 0.0956. The van der Waals surface area contributed by atoms with Crippen LogP contribution in [0.2, 0.25) is 0 Å². The zero-order valence-corrected chi connectivity index (χ0v) is 12.9. The Kier molecular flexibility index (Phi) is 6.13. The van der Waals surface area contributed by atoms with Gasteiger partial charge in [0.2, 0.25) is 5.91 Å². The van der Waals surface area contributed by atoms with Crippen LogP contribution in [-0.4, -0.2) is 52.3 Å². The van der Waals surface area contributed by atoms with E-state index in [2.05, 4.69) is 5.32 Å². The first-order valence-corrected chi connectivity index (χ1v) is 8.15. The van der Waals surface area contributed by atoms with Crippen molar-refractivity contribution >= 4 is 21.4 Å². The van der Waals surface area contributed by atoms with E-state index in [1.165, 1.54) is 32.4 Å². The van der Waals surface area contributed by atoms with Crippen molar-refractivity contribution < 1.29 is 27.8 Å². The molecule has 7 nitrogen and oxygen atoms in total. The molecule has 1 amide bonds. The molecule has 1 rings (SSSR count). The van der Waals surface area contributed by atoms with Crippen molar-refractivity contribution in [3.63, 3.8) is 0 Å². The summed E-state index contributed by atoms with van der Waals surface area (Å²) in [6.07, 6.45) is -0.107. The second-order valence-corrected chi connectivity index (χ2v) is 6.73. The number of nitrogens with one attached hydrogen (secondary N) is 1. The van der Waals surface area contributed by atoms with E-state index in [-0.39, 0.29) is 18.3 Å². The Morgan fingerprint density at radius 1 is 1.38 bits per heavy atom. The van der Waals surface area contributed by atoms with Crippen molar-refractivity contribution in [3.8, 4) is 5.75 Å². The van der Waals surface area contributed by atoms with Gasteiger partial charge in [-0.3, -0.25) is 4.79 Å². The SMILES string of the molecule is COCC(=O)Nc1ccc(C(O)CS(C)(=O)=O)cc1OC. The quantitative estimate of drug-likeness (QED) is 0.753. The van der Waals surface area contributed by atoms with Crippen LogP contribution in [0.5, 0.6) is 5.75 Å². The summed E-state index contributed by atoms with van der Waals surface area (Å²) in [4.78, 5) is 11.5. The largest absolute Gasteiger partial charge is 0.495 e. The molecule has 0 saturated heterocycles. The number of amides is 1. The van der Waals surface area contributed by atoms with E-state index in [1.54, 1.807) is 0 Å². The zero-order valence-electron chi connectivity index (χ0n) is 12.1. The molecule has 1 atom stereocenters. The zero-order chi connectivity index (χ0) is 16.0. The fraction of sp³-hybridized carbons (Fsp3) is 0.462. The van der Waals surface area contributed by atoms with Crippen LogP contribution in [0.25, 0.3) is 0 Å². The van der Waals surface area contributed by atoms with E-state index in [0.29, 0.717) is 17.0 Å². The molecule has 0 saturated carbocycles. The Hall–Kier alpha value is -1.64. The van der Waals surface area contributed by atoms with Crippen LogP contribution in [0.3, 0.4) is 0 Å². The van der Waals surface area contributed by atoms with Gasteiger partial charge in [0.05, 0.1) is 24.7 Å². The number of hydrogen-bond acceptors (Lipinski definition) is 6. The van der Waals surface area contributed by atoms with Crippen LogP contribution < -0.4 is 10.1 Å². The van der Waals surface area contributed by atoms with E-state index >= 15 is 0 Å². The molecule has 1 unspecified atom stereocenters. The Balaban J connectivity index is 2.95. The van der Waals surface area contributed by atoms with Gasteiger partial charge in [-0.25, -0.2) is 8.42 Å². The van der Waals surface area contributed by atoms with Crippen molar-refractivity contribution in [1.29, 1.82) is 0 Å². The molecular formula is C13H19NO6S. The number of carbonyl (C=O) groups excluding carboxylic acids is 1. The monoisotopic (exact) mass is 317 g/mol. The molecule has 0 aliphatic rings. The Bertz CT molecular complexity index is 599. The van der Waals surface area contributed by atoms with E-state index in [9.17, 15) is 18.3 Å². The number of rotatable bonds is 7. The third-order valence-corrected chi connectivity index (χ3v) is 3.54. The van der Waals surface area contributed by atoms with Crippen molar-refractivity contribution in [3.05, 3.63) is 23.8 Å². The average molecular weight is 317 g/mol. The van der Waals surface area contributed by atoms with Crippen LogP contribution in [-0.2, 0) is 19.4 Å². The van der Waals surface area contributed by atoms with Crippen LogP contribution in [0, 0.1) is 0 Å². The van der Waals surface area contributed by atoms with Gasteiger partial charge in [0.1, 0.15) is 22.2 Å². The second-order valence-electron chi connectivity index (χ2n) is 4.55. The molecule has 0 aromatic heterocycles. The normalized spacial score (nSPS) is 12.8. The van der Waals surface area contributed by atoms with Crippen molar-refractivity contribution in [2.75, 3.05) is 38.2 Å². The molecule has 1 aromatic carbocycles. The number of aliphatic hydroxyl groups excluding tert-OH is 1. The summed E-state index contributed by atoms with van der Waals surface area (Å²) >= 11 is 0. The molecule has 2 N–H and O–H groups in total. The number of sulfone groups is 1. The lowest BCUT2D eigenvalue weighted by atomic mass is 10.1. The predicted octanol–water partition coefficient (Wildman–Crippen LogP) is 0.358. The number of methoxy groups -OCH3 is 2. The molecule has 118 valence electrons. The molecule has 1 aromatic rings. The maximum absolute atomic E-state index is 11.5. The third kappa shape index (κ3) is 5.70.